The number of hydrogen-bond donors (Lipinski definition) is 3. The first-order valence-corrected chi connectivity index (χ1v) is 10.7. The fourth-order valence-electron chi connectivity index (χ4n) is 3.27. The lowest BCUT2D eigenvalue weighted by atomic mass is 10.1. The Bertz CT molecular complexity index is 1370. The maximum Gasteiger partial charge on any atom is 0.324 e. The Hall–Kier alpha value is -3.88. The standard InChI is InChI=1S/C24H17Cl2FN4O3/c25-18-5-2-6-19(23(18)26)28-24(34)29-21-13-20(15-7-9-16(27)10-8-15)30-31(21)17-4-1-3-14(11-17)12-22(32)33/h1-11,13H,12H2,(H,32,33)(H2,28,29,34). The van der Waals surface area contributed by atoms with Gasteiger partial charge >= 0.3 is 12.0 Å². The van der Waals surface area contributed by atoms with Crippen molar-refractivity contribution in [3.8, 4) is 16.9 Å². The van der Waals surface area contributed by atoms with Crippen LogP contribution in [0.4, 0.5) is 20.7 Å². The van der Waals surface area contributed by atoms with E-state index < -0.39 is 12.0 Å². The third-order valence-electron chi connectivity index (χ3n) is 4.80. The number of nitrogens with zero attached hydrogens (tertiary/aromatic N) is 2. The van der Waals surface area contributed by atoms with E-state index in [-0.39, 0.29) is 17.3 Å². The van der Waals surface area contributed by atoms with Crippen LogP contribution in [0.1, 0.15) is 5.56 Å². The summed E-state index contributed by atoms with van der Waals surface area (Å²) in [4.78, 5) is 23.9. The van der Waals surface area contributed by atoms with Gasteiger partial charge in [0.1, 0.15) is 11.6 Å². The molecule has 0 saturated carbocycles. The summed E-state index contributed by atoms with van der Waals surface area (Å²) in [6.07, 6.45) is -0.170. The fraction of sp³-hybridized carbons (Fsp3) is 0.0417. The number of carbonyl (C=O) groups is 2. The lowest BCUT2D eigenvalue weighted by Gasteiger charge is -2.12. The Kier molecular flexibility index (Phi) is 6.81. The largest absolute Gasteiger partial charge is 0.481 e. The van der Waals surface area contributed by atoms with Crippen LogP contribution < -0.4 is 10.6 Å². The Balaban J connectivity index is 1.70. The minimum absolute atomic E-state index is 0.170. The fourth-order valence-corrected chi connectivity index (χ4v) is 3.62. The molecule has 0 aliphatic heterocycles. The van der Waals surface area contributed by atoms with Crippen LogP contribution in [-0.4, -0.2) is 26.9 Å². The molecule has 7 nitrogen and oxygen atoms in total. The van der Waals surface area contributed by atoms with Crippen molar-refractivity contribution in [2.24, 2.45) is 0 Å². The van der Waals surface area contributed by atoms with Gasteiger partial charge in [-0.25, -0.2) is 13.9 Å². The van der Waals surface area contributed by atoms with E-state index in [0.717, 1.165) is 0 Å². The van der Waals surface area contributed by atoms with E-state index in [0.29, 0.717) is 39.0 Å². The molecule has 0 saturated heterocycles. The molecular weight excluding hydrogens is 482 g/mol. The zero-order valence-corrected chi connectivity index (χ0v) is 18.9. The highest BCUT2D eigenvalue weighted by Gasteiger charge is 2.16. The van der Waals surface area contributed by atoms with Gasteiger partial charge < -0.3 is 10.4 Å². The lowest BCUT2D eigenvalue weighted by molar-refractivity contribution is -0.136. The van der Waals surface area contributed by atoms with Gasteiger partial charge in [-0.15, -0.1) is 0 Å². The van der Waals surface area contributed by atoms with Crippen LogP contribution >= 0.6 is 23.2 Å². The Labute approximate surface area is 203 Å². The molecule has 0 aliphatic rings. The molecule has 4 rings (SSSR count). The molecule has 172 valence electrons. The zero-order valence-electron chi connectivity index (χ0n) is 17.4. The number of amides is 2. The van der Waals surface area contributed by atoms with Gasteiger partial charge in [0.15, 0.2) is 0 Å². The number of carboxylic acids is 1. The highest BCUT2D eigenvalue weighted by atomic mass is 35.5. The highest BCUT2D eigenvalue weighted by molar-refractivity contribution is 6.44. The van der Waals surface area contributed by atoms with Crippen LogP contribution in [0.25, 0.3) is 16.9 Å². The number of benzene rings is 3. The average Bonchev–Trinajstić information content (AvgIpc) is 3.21. The summed E-state index contributed by atoms with van der Waals surface area (Å²) in [6.45, 7) is 0. The van der Waals surface area contributed by atoms with E-state index in [1.807, 2.05) is 0 Å². The van der Waals surface area contributed by atoms with Crippen LogP contribution in [-0.2, 0) is 11.2 Å². The van der Waals surface area contributed by atoms with Gasteiger partial charge in [-0.2, -0.15) is 5.10 Å². The number of halogens is 3. The maximum atomic E-state index is 13.4. The average molecular weight is 499 g/mol. The third-order valence-corrected chi connectivity index (χ3v) is 5.62. The maximum absolute atomic E-state index is 13.4. The Morgan fingerprint density at radius 2 is 1.71 bits per heavy atom. The molecule has 0 atom stereocenters. The molecule has 0 aliphatic carbocycles. The van der Waals surface area contributed by atoms with Crippen LogP contribution in [0, 0.1) is 5.82 Å². The highest BCUT2D eigenvalue weighted by Crippen LogP contribution is 2.30. The summed E-state index contributed by atoms with van der Waals surface area (Å²) < 4.78 is 14.8. The van der Waals surface area contributed by atoms with Crippen molar-refractivity contribution >= 4 is 46.7 Å². The van der Waals surface area contributed by atoms with Gasteiger partial charge in [0.05, 0.1) is 33.5 Å². The van der Waals surface area contributed by atoms with Gasteiger partial charge in [-0.05, 0) is 54.1 Å². The first-order valence-electron chi connectivity index (χ1n) is 9.99. The van der Waals surface area contributed by atoms with Crippen LogP contribution in [0.3, 0.4) is 0 Å². The summed E-state index contributed by atoms with van der Waals surface area (Å²) in [6, 6.07) is 18.4. The molecule has 0 radical (unpaired) electrons. The van der Waals surface area contributed by atoms with Gasteiger partial charge in [-0.1, -0.05) is 41.4 Å². The first-order chi connectivity index (χ1) is 16.3. The van der Waals surface area contributed by atoms with E-state index in [4.69, 9.17) is 28.3 Å². The smallest absolute Gasteiger partial charge is 0.324 e. The zero-order chi connectivity index (χ0) is 24.2. The summed E-state index contributed by atoms with van der Waals surface area (Å²) in [5.74, 6) is -1.07. The second-order valence-corrected chi connectivity index (χ2v) is 8.04. The normalized spacial score (nSPS) is 10.7. The van der Waals surface area contributed by atoms with E-state index in [9.17, 15) is 14.0 Å². The number of hydrogen-bond acceptors (Lipinski definition) is 3. The van der Waals surface area contributed by atoms with Crippen LogP contribution in [0.2, 0.25) is 10.0 Å². The van der Waals surface area contributed by atoms with E-state index in [1.54, 1.807) is 60.7 Å². The van der Waals surface area contributed by atoms with E-state index in [1.165, 1.54) is 16.8 Å². The number of carboxylic acid groups (broad SMARTS) is 1. The predicted molar refractivity (Wildman–Crippen MR) is 129 cm³/mol. The third kappa shape index (κ3) is 5.36. The van der Waals surface area contributed by atoms with Crippen molar-refractivity contribution in [2.75, 3.05) is 10.6 Å². The number of aliphatic carboxylic acids is 1. The molecule has 3 N–H and O–H groups in total. The van der Waals surface area contributed by atoms with Crippen molar-refractivity contribution in [3.63, 3.8) is 0 Å². The molecule has 10 heteroatoms. The number of carbonyl (C=O) groups excluding carboxylic acids is 1. The number of aromatic nitrogens is 2. The van der Waals surface area contributed by atoms with Crippen molar-refractivity contribution in [1.29, 1.82) is 0 Å². The quantitative estimate of drug-likeness (QED) is 0.292. The molecule has 4 aromatic rings. The molecule has 0 bridgehead atoms. The Morgan fingerprint density at radius 3 is 2.44 bits per heavy atom. The van der Waals surface area contributed by atoms with Gasteiger partial charge in [0.25, 0.3) is 0 Å². The Morgan fingerprint density at radius 1 is 0.971 bits per heavy atom. The van der Waals surface area contributed by atoms with Gasteiger partial charge in [-0.3, -0.25) is 10.1 Å². The second-order valence-electron chi connectivity index (χ2n) is 7.25. The molecule has 0 unspecified atom stereocenters. The topological polar surface area (TPSA) is 96.2 Å². The molecule has 1 heterocycles. The molecule has 3 aromatic carbocycles. The van der Waals surface area contributed by atoms with Crippen LogP contribution in [0.5, 0.6) is 0 Å². The second kappa shape index (κ2) is 9.94. The van der Waals surface area contributed by atoms with Crippen LogP contribution in [0.15, 0.2) is 72.8 Å². The number of anilines is 2. The van der Waals surface area contributed by atoms with Crippen molar-refractivity contribution in [3.05, 3.63) is 94.2 Å². The molecule has 0 spiro atoms. The summed E-state index contributed by atoms with van der Waals surface area (Å²) >= 11 is 12.2. The summed E-state index contributed by atoms with van der Waals surface area (Å²) in [5, 5.41) is 19.5. The summed E-state index contributed by atoms with van der Waals surface area (Å²) in [7, 11) is 0. The number of rotatable bonds is 6. The van der Waals surface area contributed by atoms with Crippen molar-refractivity contribution < 1.29 is 19.1 Å². The molecule has 34 heavy (non-hydrogen) atoms. The minimum Gasteiger partial charge on any atom is -0.481 e. The molecule has 1 aromatic heterocycles. The first kappa shape index (κ1) is 23.3. The molecular formula is C24H17Cl2FN4O3. The minimum atomic E-state index is -0.972. The van der Waals surface area contributed by atoms with Crippen molar-refractivity contribution in [2.45, 2.75) is 6.42 Å². The monoisotopic (exact) mass is 498 g/mol. The SMILES string of the molecule is O=C(O)Cc1cccc(-n2nc(-c3ccc(F)cc3)cc2NC(=O)Nc2cccc(Cl)c2Cl)c1. The number of nitrogens with one attached hydrogen (secondary N) is 2. The molecule has 2 amide bonds. The molecule has 0 fully saturated rings. The van der Waals surface area contributed by atoms with E-state index >= 15 is 0 Å². The van der Waals surface area contributed by atoms with Gasteiger partial charge in [0.2, 0.25) is 0 Å². The summed E-state index contributed by atoms with van der Waals surface area (Å²) in [5.41, 5.74) is 2.51. The number of urea groups is 1. The lowest BCUT2D eigenvalue weighted by Crippen LogP contribution is -2.21. The van der Waals surface area contributed by atoms with E-state index in [2.05, 4.69) is 15.7 Å². The predicted octanol–water partition coefficient (Wildman–Crippen LogP) is 6.26. The van der Waals surface area contributed by atoms with Gasteiger partial charge in [0, 0.05) is 11.6 Å². The van der Waals surface area contributed by atoms with Crippen molar-refractivity contribution in [1.82, 2.24) is 9.78 Å².